The lowest BCUT2D eigenvalue weighted by Gasteiger charge is -2.43. The third-order valence-electron chi connectivity index (χ3n) is 3.01. The summed E-state index contributed by atoms with van der Waals surface area (Å²) in [4.78, 5) is 0. The first-order valence-corrected chi connectivity index (χ1v) is 5.38. The molecule has 0 bridgehead atoms. The summed E-state index contributed by atoms with van der Waals surface area (Å²) >= 11 is 0. The van der Waals surface area contributed by atoms with Crippen LogP contribution >= 0.6 is 0 Å². The van der Waals surface area contributed by atoms with E-state index in [-0.39, 0.29) is 5.60 Å². The van der Waals surface area contributed by atoms with Crippen molar-refractivity contribution in [2.75, 3.05) is 13.2 Å². The summed E-state index contributed by atoms with van der Waals surface area (Å²) in [5.74, 6) is 0. The van der Waals surface area contributed by atoms with Crippen LogP contribution in [0.3, 0.4) is 0 Å². The predicted molar refractivity (Wildman–Crippen MR) is 60.4 cm³/mol. The lowest BCUT2D eigenvalue weighted by Crippen LogP contribution is -2.57. The highest BCUT2D eigenvalue weighted by molar-refractivity contribution is 5.01. The third-order valence-corrected chi connectivity index (χ3v) is 3.01. The zero-order valence-electron chi connectivity index (χ0n) is 9.09. The highest BCUT2D eigenvalue weighted by Crippen LogP contribution is 2.29. The van der Waals surface area contributed by atoms with Crippen LogP contribution in [0.4, 0.5) is 0 Å². The van der Waals surface area contributed by atoms with Gasteiger partial charge in [-0.3, -0.25) is 0 Å². The Bertz CT molecular complexity index is 202. The molecule has 0 aromatic rings. The van der Waals surface area contributed by atoms with Gasteiger partial charge in [0.05, 0.1) is 12.2 Å². The number of hydrogen-bond donors (Lipinski definition) is 1. The summed E-state index contributed by atoms with van der Waals surface area (Å²) in [6, 6.07) is 0.386. The average molecular weight is 195 g/mol. The van der Waals surface area contributed by atoms with Crippen molar-refractivity contribution in [1.82, 2.24) is 5.32 Å². The van der Waals surface area contributed by atoms with Crippen molar-refractivity contribution >= 4 is 0 Å². The molecular formula is C12H21NO. The van der Waals surface area contributed by atoms with Crippen molar-refractivity contribution in [3.8, 4) is 0 Å². The Morgan fingerprint density at radius 2 is 2.29 bits per heavy atom. The molecule has 0 amide bonds. The van der Waals surface area contributed by atoms with E-state index in [0.29, 0.717) is 6.04 Å². The molecule has 0 aliphatic carbocycles. The molecule has 1 saturated heterocycles. The number of hydrogen-bond acceptors (Lipinski definition) is 2. The monoisotopic (exact) mass is 195 g/mol. The fourth-order valence-corrected chi connectivity index (χ4v) is 2.18. The molecule has 0 spiro atoms. The van der Waals surface area contributed by atoms with Gasteiger partial charge in [0, 0.05) is 12.6 Å². The number of ether oxygens (including phenoxy) is 1. The maximum absolute atomic E-state index is 5.94. The minimum absolute atomic E-state index is 0.0613. The maximum Gasteiger partial charge on any atom is 0.0869 e. The molecule has 1 aliphatic heterocycles. The molecule has 0 aromatic carbocycles. The summed E-state index contributed by atoms with van der Waals surface area (Å²) in [6.07, 6.45) is 6.80. The molecule has 1 N–H and O–H groups in total. The Morgan fingerprint density at radius 1 is 1.50 bits per heavy atom. The van der Waals surface area contributed by atoms with Gasteiger partial charge in [-0.15, -0.1) is 13.2 Å². The predicted octanol–water partition coefficient (Wildman–Crippen LogP) is 2.28. The van der Waals surface area contributed by atoms with Crippen LogP contribution in [0.15, 0.2) is 25.3 Å². The van der Waals surface area contributed by atoms with Gasteiger partial charge in [0.15, 0.2) is 0 Å². The number of rotatable bonds is 5. The van der Waals surface area contributed by atoms with Gasteiger partial charge in [-0.1, -0.05) is 19.1 Å². The molecular weight excluding hydrogens is 174 g/mol. The smallest absolute Gasteiger partial charge is 0.0869 e. The van der Waals surface area contributed by atoms with Gasteiger partial charge in [0.1, 0.15) is 0 Å². The second kappa shape index (κ2) is 5.32. The van der Waals surface area contributed by atoms with Crippen LogP contribution < -0.4 is 5.32 Å². The van der Waals surface area contributed by atoms with Crippen molar-refractivity contribution in [2.24, 2.45) is 0 Å². The van der Waals surface area contributed by atoms with E-state index in [0.717, 1.165) is 32.4 Å². The molecule has 14 heavy (non-hydrogen) atoms. The van der Waals surface area contributed by atoms with Gasteiger partial charge >= 0.3 is 0 Å². The largest absolute Gasteiger partial charge is 0.372 e. The summed E-state index contributed by atoms with van der Waals surface area (Å²) in [5, 5.41) is 3.50. The summed E-state index contributed by atoms with van der Waals surface area (Å²) < 4.78 is 5.94. The Morgan fingerprint density at radius 3 is 2.86 bits per heavy atom. The van der Waals surface area contributed by atoms with Gasteiger partial charge in [0.25, 0.3) is 0 Å². The van der Waals surface area contributed by atoms with Crippen LogP contribution in [-0.2, 0) is 4.74 Å². The third kappa shape index (κ3) is 2.25. The van der Waals surface area contributed by atoms with Crippen LogP contribution in [-0.4, -0.2) is 24.8 Å². The van der Waals surface area contributed by atoms with Crippen LogP contribution in [0.1, 0.15) is 26.2 Å². The Hall–Kier alpha value is -0.600. The molecule has 2 unspecified atom stereocenters. The van der Waals surface area contributed by atoms with Crippen LogP contribution in [0.5, 0.6) is 0 Å². The van der Waals surface area contributed by atoms with Crippen LogP contribution in [0.25, 0.3) is 0 Å². The first kappa shape index (κ1) is 11.5. The van der Waals surface area contributed by atoms with E-state index in [1.807, 2.05) is 12.2 Å². The number of nitrogens with one attached hydrogen (secondary N) is 1. The van der Waals surface area contributed by atoms with Crippen LogP contribution in [0.2, 0.25) is 0 Å². The zero-order valence-corrected chi connectivity index (χ0v) is 9.09. The molecule has 0 aromatic heterocycles. The molecule has 2 heteroatoms. The normalized spacial score (nSPS) is 32.5. The van der Waals surface area contributed by atoms with E-state index >= 15 is 0 Å². The average Bonchev–Trinajstić information content (AvgIpc) is 2.22. The van der Waals surface area contributed by atoms with E-state index in [1.54, 1.807) is 0 Å². The van der Waals surface area contributed by atoms with E-state index in [2.05, 4.69) is 25.4 Å². The molecule has 1 rings (SSSR count). The molecule has 1 heterocycles. The van der Waals surface area contributed by atoms with Gasteiger partial charge in [-0.05, 0) is 19.3 Å². The second-order valence-corrected chi connectivity index (χ2v) is 3.79. The van der Waals surface area contributed by atoms with Crippen molar-refractivity contribution in [2.45, 2.75) is 37.8 Å². The van der Waals surface area contributed by atoms with Crippen molar-refractivity contribution < 1.29 is 4.74 Å². The summed E-state index contributed by atoms with van der Waals surface area (Å²) in [5.41, 5.74) is -0.0613. The molecule has 0 saturated carbocycles. The SMILES string of the molecule is C=CCC1NCCOC1(CC)CC=C. The highest BCUT2D eigenvalue weighted by Gasteiger charge is 2.38. The minimum Gasteiger partial charge on any atom is -0.372 e. The lowest BCUT2D eigenvalue weighted by atomic mass is 9.84. The highest BCUT2D eigenvalue weighted by atomic mass is 16.5. The van der Waals surface area contributed by atoms with Gasteiger partial charge < -0.3 is 10.1 Å². The quantitative estimate of drug-likeness (QED) is 0.679. The van der Waals surface area contributed by atoms with Crippen molar-refractivity contribution in [3.63, 3.8) is 0 Å². The topological polar surface area (TPSA) is 21.3 Å². The van der Waals surface area contributed by atoms with Gasteiger partial charge in [-0.25, -0.2) is 0 Å². The molecule has 2 nitrogen and oxygen atoms in total. The van der Waals surface area contributed by atoms with Crippen molar-refractivity contribution in [3.05, 3.63) is 25.3 Å². The van der Waals surface area contributed by atoms with Crippen LogP contribution in [0, 0.1) is 0 Å². The van der Waals surface area contributed by atoms with E-state index in [4.69, 9.17) is 4.74 Å². The van der Waals surface area contributed by atoms with E-state index < -0.39 is 0 Å². The fourth-order valence-electron chi connectivity index (χ4n) is 2.18. The zero-order chi connectivity index (χ0) is 10.4. The first-order valence-electron chi connectivity index (χ1n) is 5.38. The molecule has 80 valence electrons. The Balaban J connectivity index is 2.74. The lowest BCUT2D eigenvalue weighted by molar-refractivity contribution is -0.0963. The van der Waals surface area contributed by atoms with Gasteiger partial charge in [0.2, 0.25) is 0 Å². The second-order valence-electron chi connectivity index (χ2n) is 3.79. The minimum atomic E-state index is -0.0613. The maximum atomic E-state index is 5.94. The van der Waals surface area contributed by atoms with Gasteiger partial charge in [-0.2, -0.15) is 0 Å². The number of morpholine rings is 1. The first-order chi connectivity index (χ1) is 6.79. The fraction of sp³-hybridized carbons (Fsp3) is 0.667. The van der Waals surface area contributed by atoms with Crippen molar-refractivity contribution in [1.29, 1.82) is 0 Å². The Labute approximate surface area is 87.0 Å². The van der Waals surface area contributed by atoms with E-state index in [9.17, 15) is 0 Å². The summed E-state index contributed by atoms with van der Waals surface area (Å²) in [7, 11) is 0. The molecule has 1 fully saturated rings. The Kier molecular flexibility index (Phi) is 4.36. The summed E-state index contributed by atoms with van der Waals surface area (Å²) in [6.45, 7) is 11.5. The molecule has 0 radical (unpaired) electrons. The molecule has 2 atom stereocenters. The van der Waals surface area contributed by atoms with E-state index in [1.165, 1.54) is 0 Å². The molecule has 1 aliphatic rings. The standard InChI is InChI=1S/C12H21NO/c1-4-7-11-12(6-3,8-5-2)14-10-9-13-11/h4-5,11,13H,1-2,6-10H2,3H3.